The second kappa shape index (κ2) is 8.68. The minimum atomic E-state index is 0.0665. The molecule has 1 fully saturated rings. The third-order valence-electron chi connectivity index (χ3n) is 4.38. The normalized spacial score (nSPS) is 16.7. The minimum absolute atomic E-state index is 0.0665. The van der Waals surface area contributed by atoms with Crippen LogP contribution in [-0.4, -0.2) is 39.0 Å². The first-order valence-electron chi connectivity index (χ1n) is 8.71. The number of hydrogen-bond acceptors (Lipinski definition) is 6. The molecular formula is C19H18BrN3O2S2. The molecule has 27 heavy (non-hydrogen) atoms. The number of thiophene rings is 1. The number of rotatable bonds is 7. The van der Waals surface area contributed by atoms with Gasteiger partial charge >= 0.3 is 0 Å². The maximum absolute atomic E-state index is 12.6. The van der Waals surface area contributed by atoms with E-state index in [0.717, 1.165) is 39.8 Å². The Labute approximate surface area is 174 Å². The third-order valence-corrected chi connectivity index (χ3v) is 6.90. The van der Waals surface area contributed by atoms with Crippen molar-refractivity contribution in [1.82, 2.24) is 14.8 Å². The van der Waals surface area contributed by atoms with Crippen molar-refractivity contribution in [3.8, 4) is 10.7 Å². The van der Waals surface area contributed by atoms with Crippen molar-refractivity contribution < 1.29 is 9.53 Å². The van der Waals surface area contributed by atoms with Crippen LogP contribution in [0.4, 0.5) is 0 Å². The number of hydrogen-bond donors (Lipinski definition) is 0. The van der Waals surface area contributed by atoms with Crippen LogP contribution in [0.3, 0.4) is 0 Å². The first kappa shape index (κ1) is 18.9. The van der Waals surface area contributed by atoms with E-state index in [0.29, 0.717) is 17.9 Å². The molecule has 0 spiro atoms. The fourth-order valence-electron chi connectivity index (χ4n) is 3.04. The van der Waals surface area contributed by atoms with Gasteiger partial charge in [-0.05, 0) is 30.4 Å². The second-order valence-corrected chi connectivity index (χ2v) is 8.97. The molecule has 0 radical (unpaired) electrons. The van der Waals surface area contributed by atoms with Gasteiger partial charge in [-0.25, -0.2) is 0 Å². The van der Waals surface area contributed by atoms with Gasteiger partial charge in [0.15, 0.2) is 16.8 Å². The largest absolute Gasteiger partial charge is 0.376 e. The summed E-state index contributed by atoms with van der Waals surface area (Å²) in [6.45, 7) is 1.52. The molecule has 0 amide bonds. The lowest BCUT2D eigenvalue weighted by molar-refractivity contribution is 0.0953. The Bertz CT molecular complexity index is 921. The molecule has 1 atom stereocenters. The third kappa shape index (κ3) is 4.34. The van der Waals surface area contributed by atoms with E-state index in [1.807, 2.05) is 41.8 Å². The molecule has 1 aromatic carbocycles. The summed E-state index contributed by atoms with van der Waals surface area (Å²) in [5.41, 5.74) is 0.689. The lowest BCUT2D eigenvalue weighted by atomic mass is 10.1. The van der Waals surface area contributed by atoms with E-state index >= 15 is 0 Å². The molecule has 140 valence electrons. The van der Waals surface area contributed by atoms with Gasteiger partial charge in [0.2, 0.25) is 0 Å². The molecule has 2 aromatic heterocycles. The summed E-state index contributed by atoms with van der Waals surface area (Å²) >= 11 is 6.51. The highest BCUT2D eigenvalue weighted by Crippen LogP contribution is 2.29. The van der Waals surface area contributed by atoms with Crippen LogP contribution in [0.25, 0.3) is 10.7 Å². The Morgan fingerprint density at radius 3 is 2.93 bits per heavy atom. The minimum Gasteiger partial charge on any atom is -0.376 e. The topological polar surface area (TPSA) is 57.0 Å². The zero-order valence-corrected chi connectivity index (χ0v) is 17.7. The number of carbonyl (C=O) groups excluding carboxylic acids is 1. The molecule has 8 heteroatoms. The lowest BCUT2D eigenvalue weighted by Crippen LogP contribution is -2.17. The second-order valence-electron chi connectivity index (χ2n) is 6.22. The molecule has 0 aliphatic carbocycles. The number of thioether (sulfide) groups is 1. The zero-order valence-electron chi connectivity index (χ0n) is 14.5. The van der Waals surface area contributed by atoms with E-state index in [1.54, 1.807) is 11.3 Å². The number of Topliss-reactive ketones (excluding diaryl/α,β-unsaturated/α-hetero) is 1. The van der Waals surface area contributed by atoms with Crippen LogP contribution in [0.2, 0.25) is 0 Å². The Kier molecular flexibility index (Phi) is 6.07. The van der Waals surface area contributed by atoms with E-state index in [1.165, 1.54) is 11.8 Å². The van der Waals surface area contributed by atoms with Crippen LogP contribution >= 0.6 is 39.0 Å². The fourth-order valence-corrected chi connectivity index (χ4v) is 5.09. The van der Waals surface area contributed by atoms with Gasteiger partial charge in [-0.1, -0.05) is 52.0 Å². The van der Waals surface area contributed by atoms with Crippen LogP contribution in [-0.2, 0) is 11.3 Å². The van der Waals surface area contributed by atoms with Crippen molar-refractivity contribution in [2.75, 3.05) is 12.4 Å². The number of aromatic nitrogens is 3. The number of carbonyl (C=O) groups is 1. The van der Waals surface area contributed by atoms with Crippen molar-refractivity contribution in [2.45, 2.75) is 30.6 Å². The van der Waals surface area contributed by atoms with E-state index in [4.69, 9.17) is 4.74 Å². The van der Waals surface area contributed by atoms with E-state index in [9.17, 15) is 4.79 Å². The van der Waals surface area contributed by atoms with Crippen molar-refractivity contribution >= 4 is 44.8 Å². The van der Waals surface area contributed by atoms with Crippen LogP contribution in [0.1, 0.15) is 23.2 Å². The first-order chi connectivity index (χ1) is 13.2. The molecule has 1 aliphatic rings. The average molecular weight is 464 g/mol. The smallest absolute Gasteiger partial charge is 0.192 e. The maximum Gasteiger partial charge on any atom is 0.192 e. The van der Waals surface area contributed by atoms with E-state index < -0.39 is 0 Å². The Balaban J connectivity index is 1.55. The predicted molar refractivity (Wildman–Crippen MR) is 112 cm³/mol. The molecule has 1 saturated heterocycles. The van der Waals surface area contributed by atoms with Crippen LogP contribution < -0.4 is 0 Å². The van der Waals surface area contributed by atoms with Gasteiger partial charge < -0.3 is 4.74 Å². The number of ketones is 1. The average Bonchev–Trinajstić information content (AvgIpc) is 3.43. The maximum atomic E-state index is 12.6. The summed E-state index contributed by atoms with van der Waals surface area (Å²) in [4.78, 5) is 13.7. The quantitative estimate of drug-likeness (QED) is 0.367. The highest BCUT2D eigenvalue weighted by Gasteiger charge is 2.23. The number of halogens is 1. The molecule has 0 bridgehead atoms. The molecular weight excluding hydrogens is 446 g/mol. The zero-order chi connectivity index (χ0) is 18.6. The van der Waals surface area contributed by atoms with Gasteiger partial charge in [-0.15, -0.1) is 21.5 Å². The molecule has 1 aliphatic heterocycles. The van der Waals surface area contributed by atoms with Gasteiger partial charge in [0, 0.05) is 16.6 Å². The summed E-state index contributed by atoms with van der Waals surface area (Å²) in [5, 5.41) is 11.6. The fraction of sp³-hybridized carbons (Fsp3) is 0.316. The molecule has 0 saturated carbocycles. The first-order valence-corrected chi connectivity index (χ1v) is 11.4. The highest BCUT2D eigenvalue weighted by atomic mass is 79.9. The van der Waals surface area contributed by atoms with E-state index in [2.05, 4.69) is 30.7 Å². The lowest BCUT2D eigenvalue weighted by Gasteiger charge is -2.14. The molecule has 3 heterocycles. The van der Waals surface area contributed by atoms with Crippen molar-refractivity contribution in [3.63, 3.8) is 0 Å². The molecule has 3 aromatic rings. The molecule has 1 unspecified atom stereocenters. The molecule has 0 N–H and O–H groups in total. The summed E-state index contributed by atoms with van der Waals surface area (Å²) in [7, 11) is 0. The van der Waals surface area contributed by atoms with Gasteiger partial charge in [-0.2, -0.15) is 0 Å². The highest BCUT2D eigenvalue weighted by molar-refractivity contribution is 9.10. The van der Waals surface area contributed by atoms with Crippen LogP contribution in [0, 0.1) is 0 Å². The van der Waals surface area contributed by atoms with E-state index in [-0.39, 0.29) is 11.9 Å². The van der Waals surface area contributed by atoms with Crippen molar-refractivity contribution in [2.24, 2.45) is 0 Å². The Hall–Kier alpha value is -1.48. The monoisotopic (exact) mass is 463 g/mol. The Morgan fingerprint density at radius 2 is 2.19 bits per heavy atom. The molecule has 5 nitrogen and oxygen atoms in total. The van der Waals surface area contributed by atoms with Gasteiger partial charge in [0.05, 0.1) is 23.3 Å². The number of ether oxygens (including phenoxy) is 1. The van der Waals surface area contributed by atoms with Crippen LogP contribution in [0.15, 0.2) is 51.4 Å². The van der Waals surface area contributed by atoms with Gasteiger partial charge in [-0.3, -0.25) is 9.36 Å². The van der Waals surface area contributed by atoms with Gasteiger partial charge in [0.1, 0.15) is 0 Å². The summed E-state index contributed by atoms with van der Waals surface area (Å²) in [5.74, 6) is 1.23. The summed E-state index contributed by atoms with van der Waals surface area (Å²) < 4.78 is 8.72. The predicted octanol–water partition coefficient (Wildman–Crippen LogP) is 4.92. The standard InChI is InChI=1S/C19H18BrN3O2S2/c20-15-7-2-1-6-14(15)16(24)12-27-19-22-21-18(17-8-4-10-26-17)23(19)11-13-5-3-9-25-13/h1-2,4,6-8,10,13H,3,5,9,11-12H2. The number of benzene rings is 1. The SMILES string of the molecule is O=C(CSc1nnc(-c2cccs2)n1CC1CCCO1)c1ccccc1Br. The number of nitrogens with zero attached hydrogens (tertiary/aromatic N) is 3. The summed E-state index contributed by atoms with van der Waals surface area (Å²) in [6, 6.07) is 11.5. The van der Waals surface area contributed by atoms with Crippen molar-refractivity contribution in [3.05, 3.63) is 51.8 Å². The summed E-state index contributed by atoms with van der Waals surface area (Å²) in [6.07, 6.45) is 2.31. The molecule has 4 rings (SSSR count). The van der Waals surface area contributed by atoms with Crippen molar-refractivity contribution in [1.29, 1.82) is 0 Å². The van der Waals surface area contributed by atoms with Gasteiger partial charge in [0.25, 0.3) is 0 Å². The van der Waals surface area contributed by atoms with Crippen LogP contribution in [0.5, 0.6) is 0 Å². The Morgan fingerprint density at radius 1 is 1.30 bits per heavy atom.